The van der Waals surface area contributed by atoms with Crippen LogP contribution in [0.3, 0.4) is 0 Å². The van der Waals surface area contributed by atoms with Crippen LogP contribution >= 0.6 is 0 Å². The molecule has 3 aromatic rings. The van der Waals surface area contributed by atoms with Crippen molar-refractivity contribution in [2.24, 2.45) is 5.41 Å². The molecule has 0 spiro atoms. The normalized spacial score (nSPS) is 16.4. The van der Waals surface area contributed by atoms with Gasteiger partial charge in [0.15, 0.2) is 0 Å². The molecule has 3 atom stereocenters. The molecule has 13 heteroatoms. The first-order valence-electron chi connectivity index (χ1n) is 14.0. The molecule has 0 unspecified atom stereocenters. The van der Waals surface area contributed by atoms with Crippen molar-refractivity contribution in [3.8, 4) is 5.75 Å². The van der Waals surface area contributed by atoms with Crippen LogP contribution in [0.2, 0.25) is 0 Å². The lowest BCUT2D eigenvalue weighted by molar-refractivity contribution is -0.134. The molecule has 0 aliphatic carbocycles. The van der Waals surface area contributed by atoms with Gasteiger partial charge in [-0.3, -0.25) is 14.4 Å². The number of carbonyl (C=O) groups is 3. The minimum Gasteiger partial charge on any atom is -0.494 e. The van der Waals surface area contributed by atoms with Crippen molar-refractivity contribution in [1.29, 1.82) is 0 Å². The number of aromatic nitrogens is 2. The number of carbonyl (C=O) groups excluding carboxylic acids is 3. The second-order valence-corrected chi connectivity index (χ2v) is 11.5. The van der Waals surface area contributed by atoms with E-state index in [-0.39, 0.29) is 22.6 Å². The number of para-hydroxylation sites is 1. The van der Waals surface area contributed by atoms with E-state index in [2.05, 4.69) is 31.2 Å². The number of halogens is 2. The number of benzene rings is 2. The van der Waals surface area contributed by atoms with E-state index in [0.717, 1.165) is 23.5 Å². The minimum absolute atomic E-state index is 0.0419. The molecule has 230 valence electrons. The van der Waals surface area contributed by atoms with Crippen molar-refractivity contribution in [1.82, 2.24) is 25.9 Å². The van der Waals surface area contributed by atoms with Gasteiger partial charge in [-0.05, 0) is 57.0 Å². The largest absolute Gasteiger partial charge is 0.494 e. The predicted molar refractivity (Wildman–Crippen MR) is 159 cm³/mol. The number of hydrogen-bond acceptors (Lipinski definition) is 9. The molecule has 43 heavy (non-hydrogen) atoms. The molecule has 1 aliphatic rings. The maximum absolute atomic E-state index is 14.5. The Kier molecular flexibility index (Phi) is 9.55. The summed E-state index contributed by atoms with van der Waals surface area (Å²) >= 11 is 0. The second kappa shape index (κ2) is 13.0. The lowest BCUT2D eigenvalue weighted by atomic mass is 9.85. The summed E-state index contributed by atoms with van der Waals surface area (Å²) in [5.74, 6) is -3.10. The van der Waals surface area contributed by atoms with Crippen LogP contribution < -0.4 is 30.9 Å². The zero-order valence-corrected chi connectivity index (χ0v) is 25.0. The number of nitrogens with zero attached hydrogens (tertiary/aromatic N) is 3. The summed E-state index contributed by atoms with van der Waals surface area (Å²) in [6.45, 7) is 7.61. The van der Waals surface area contributed by atoms with Crippen LogP contribution in [0.15, 0.2) is 36.7 Å². The van der Waals surface area contributed by atoms with Crippen LogP contribution in [-0.2, 0) is 14.4 Å². The van der Waals surface area contributed by atoms with Gasteiger partial charge in [0.25, 0.3) is 11.8 Å². The number of rotatable bonds is 9. The van der Waals surface area contributed by atoms with E-state index in [9.17, 15) is 23.2 Å². The summed E-state index contributed by atoms with van der Waals surface area (Å²) in [7, 11) is 3.01. The first-order valence-corrected chi connectivity index (χ1v) is 14.0. The monoisotopic (exact) mass is 597 g/mol. The minimum atomic E-state index is -1.11. The van der Waals surface area contributed by atoms with E-state index in [1.54, 1.807) is 34.7 Å². The van der Waals surface area contributed by atoms with Crippen LogP contribution in [0, 0.1) is 17.0 Å². The number of hydrogen-bond donors (Lipinski definition) is 4. The molecule has 1 saturated heterocycles. The Morgan fingerprint density at radius 2 is 1.84 bits per heavy atom. The number of imide groups is 1. The highest BCUT2D eigenvalue weighted by molar-refractivity contribution is 6.20. The smallest absolute Gasteiger partial charge is 0.257 e. The third-order valence-corrected chi connectivity index (χ3v) is 7.41. The van der Waals surface area contributed by atoms with E-state index in [1.807, 2.05) is 0 Å². The van der Waals surface area contributed by atoms with E-state index < -0.39 is 58.6 Å². The maximum atomic E-state index is 14.5. The van der Waals surface area contributed by atoms with Gasteiger partial charge in [0.05, 0.1) is 30.4 Å². The van der Waals surface area contributed by atoms with Crippen LogP contribution in [0.1, 0.15) is 40.5 Å². The lowest BCUT2D eigenvalue weighted by Crippen LogP contribution is -2.60. The van der Waals surface area contributed by atoms with Crippen LogP contribution in [0.4, 0.5) is 26.0 Å². The summed E-state index contributed by atoms with van der Waals surface area (Å²) in [6, 6.07) is 4.06. The highest BCUT2D eigenvalue weighted by Crippen LogP contribution is 2.38. The zero-order valence-electron chi connectivity index (χ0n) is 25.0. The Morgan fingerprint density at radius 3 is 2.42 bits per heavy atom. The molecule has 2 aromatic carbocycles. The van der Waals surface area contributed by atoms with Crippen molar-refractivity contribution in [3.05, 3.63) is 48.3 Å². The first-order chi connectivity index (χ1) is 20.4. The quantitative estimate of drug-likeness (QED) is 0.292. The number of amides is 3. The number of methoxy groups -OCH3 is 1. The Labute approximate surface area is 248 Å². The van der Waals surface area contributed by atoms with Crippen LogP contribution in [0.5, 0.6) is 5.75 Å². The second-order valence-electron chi connectivity index (χ2n) is 11.5. The van der Waals surface area contributed by atoms with Crippen LogP contribution in [-0.4, -0.2) is 66.5 Å². The van der Waals surface area contributed by atoms with Gasteiger partial charge in [0, 0.05) is 11.5 Å². The van der Waals surface area contributed by atoms with Gasteiger partial charge >= 0.3 is 0 Å². The summed E-state index contributed by atoms with van der Waals surface area (Å²) in [5.41, 5.74) is -0.828. The molecule has 1 fully saturated rings. The molecule has 4 rings (SSSR count). The van der Waals surface area contributed by atoms with E-state index >= 15 is 0 Å². The Bertz CT molecular complexity index is 1500. The predicted octanol–water partition coefficient (Wildman–Crippen LogP) is 3.41. The number of likely N-dealkylation sites (N-methyl/N-ethyl adjacent to an activating group) is 1. The Balaban J connectivity index is 1.90. The molecular formula is C30H37F2N7O4. The van der Waals surface area contributed by atoms with Crippen molar-refractivity contribution >= 4 is 45.8 Å². The number of fused-ring (bicyclic) bond motifs is 1. The summed E-state index contributed by atoms with van der Waals surface area (Å²) in [4.78, 5) is 50.9. The molecule has 0 bridgehead atoms. The third-order valence-electron chi connectivity index (χ3n) is 7.41. The summed E-state index contributed by atoms with van der Waals surface area (Å²) in [6.07, 6.45) is 2.46. The number of ether oxygens (including phenoxy) is 1. The maximum Gasteiger partial charge on any atom is 0.257 e. The Morgan fingerprint density at radius 1 is 1.14 bits per heavy atom. The van der Waals surface area contributed by atoms with Crippen molar-refractivity contribution < 1.29 is 27.9 Å². The SMILES string of the molecule is CN[C@@H](C)C(=O)N[C@H](C(=O)N(C(=O)[C@@H]1CCCN1)c1cc2c(Nc3c(F)cccc3F)ncnc2cc1OC)C(C)(C)C. The molecule has 1 aromatic heterocycles. The topological polar surface area (TPSA) is 138 Å². The average Bonchev–Trinajstić information content (AvgIpc) is 3.51. The van der Waals surface area contributed by atoms with Gasteiger partial charge in [-0.1, -0.05) is 26.8 Å². The highest BCUT2D eigenvalue weighted by atomic mass is 19.1. The average molecular weight is 598 g/mol. The van der Waals surface area contributed by atoms with Gasteiger partial charge in [-0.15, -0.1) is 0 Å². The van der Waals surface area contributed by atoms with Crippen molar-refractivity contribution in [2.45, 2.75) is 58.7 Å². The molecule has 1 aliphatic heterocycles. The third kappa shape index (κ3) is 6.73. The standard InChI is InChI=1S/C30H37F2N7O4/c1-16(33-5)27(40)38-25(30(2,3)4)29(42)39(28(41)20-11-8-12-34-20)22-13-17-21(14-23(22)43-6)35-15-36-26(17)37-24-18(31)9-7-10-19(24)32/h7,9-10,13-16,20,25,33-34H,8,11-12H2,1-6H3,(H,38,40)(H,35,36,37)/t16-,20-,25+/m0/s1. The number of anilines is 3. The molecular weight excluding hydrogens is 560 g/mol. The van der Waals surface area contributed by atoms with Gasteiger partial charge in [0.1, 0.15) is 41.3 Å². The van der Waals surface area contributed by atoms with Crippen molar-refractivity contribution in [3.63, 3.8) is 0 Å². The highest BCUT2D eigenvalue weighted by Gasteiger charge is 2.42. The summed E-state index contributed by atoms with van der Waals surface area (Å²) in [5, 5.41) is 11.8. The van der Waals surface area contributed by atoms with Gasteiger partial charge in [-0.2, -0.15) is 0 Å². The van der Waals surface area contributed by atoms with E-state index in [4.69, 9.17) is 4.74 Å². The van der Waals surface area contributed by atoms with Gasteiger partial charge < -0.3 is 26.0 Å². The molecule has 4 N–H and O–H groups in total. The fourth-order valence-corrected chi connectivity index (χ4v) is 4.82. The number of nitrogens with one attached hydrogen (secondary N) is 4. The first kappa shape index (κ1) is 31.7. The van der Waals surface area contributed by atoms with Gasteiger partial charge in [-0.25, -0.2) is 23.6 Å². The Hall–Kier alpha value is -4.23. The van der Waals surface area contributed by atoms with Crippen LogP contribution in [0.25, 0.3) is 10.9 Å². The fraction of sp³-hybridized carbons (Fsp3) is 0.433. The molecule has 11 nitrogen and oxygen atoms in total. The lowest BCUT2D eigenvalue weighted by Gasteiger charge is -2.36. The molecule has 0 radical (unpaired) electrons. The van der Waals surface area contributed by atoms with E-state index in [1.165, 1.54) is 31.6 Å². The fourth-order valence-electron chi connectivity index (χ4n) is 4.82. The van der Waals surface area contributed by atoms with Crippen molar-refractivity contribution in [2.75, 3.05) is 30.9 Å². The molecule has 3 amide bonds. The van der Waals surface area contributed by atoms with E-state index in [0.29, 0.717) is 18.5 Å². The molecule has 0 saturated carbocycles. The zero-order chi connectivity index (χ0) is 31.5. The summed E-state index contributed by atoms with van der Waals surface area (Å²) < 4.78 is 34.7. The molecule has 2 heterocycles. The van der Waals surface area contributed by atoms with Gasteiger partial charge in [0.2, 0.25) is 5.91 Å².